The van der Waals surface area contributed by atoms with E-state index in [0.29, 0.717) is 32.1 Å². The van der Waals surface area contributed by atoms with E-state index >= 15 is 0 Å². The maximum absolute atomic E-state index is 10.6. The van der Waals surface area contributed by atoms with Crippen molar-refractivity contribution < 1.29 is 9.84 Å². The number of rotatable bonds is 7. The fraction of sp³-hybridized carbons (Fsp3) is 0.409. The van der Waals surface area contributed by atoms with Gasteiger partial charge in [-0.1, -0.05) is 24.3 Å². The van der Waals surface area contributed by atoms with E-state index in [9.17, 15) is 5.11 Å². The Hall–Kier alpha value is -2.81. The van der Waals surface area contributed by atoms with Crippen LogP contribution in [0.4, 0.5) is 11.6 Å². The van der Waals surface area contributed by atoms with Gasteiger partial charge in [0, 0.05) is 37.8 Å². The van der Waals surface area contributed by atoms with E-state index in [1.165, 1.54) is 11.1 Å². The van der Waals surface area contributed by atoms with Crippen molar-refractivity contribution >= 4 is 22.5 Å². The molecule has 30 heavy (non-hydrogen) atoms. The highest BCUT2D eigenvalue weighted by Crippen LogP contribution is 2.25. The Morgan fingerprint density at radius 2 is 1.97 bits per heavy atom. The normalized spacial score (nSPS) is 17.9. The number of nitrogens with one attached hydrogen (secondary N) is 2. The van der Waals surface area contributed by atoms with Crippen LogP contribution in [0, 0.1) is 0 Å². The van der Waals surface area contributed by atoms with Crippen molar-refractivity contribution in [3.8, 4) is 0 Å². The number of pyridine rings is 1. The van der Waals surface area contributed by atoms with Gasteiger partial charge in [-0.2, -0.15) is 0 Å². The SMILES string of the molecule is O[C@H](CNc1nccc2c(NC3COC3)ncnc12)CN1CCc2ccccc2C1. The lowest BCUT2D eigenvalue weighted by atomic mass is 10.00. The largest absolute Gasteiger partial charge is 0.390 e. The van der Waals surface area contributed by atoms with E-state index in [1.807, 2.05) is 6.07 Å². The summed E-state index contributed by atoms with van der Waals surface area (Å²) in [5.74, 6) is 1.44. The Morgan fingerprint density at radius 1 is 1.10 bits per heavy atom. The van der Waals surface area contributed by atoms with Crippen LogP contribution in [0.25, 0.3) is 10.9 Å². The molecular weight excluding hydrogens is 380 g/mol. The van der Waals surface area contributed by atoms with E-state index in [4.69, 9.17) is 4.74 Å². The first-order valence-corrected chi connectivity index (χ1v) is 10.4. The first-order chi connectivity index (χ1) is 14.8. The molecule has 0 spiro atoms. The minimum atomic E-state index is -0.501. The molecule has 0 radical (unpaired) electrons. The fourth-order valence-electron chi connectivity index (χ4n) is 4.03. The third kappa shape index (κ3) is 4.07. The standard InChI is InChI=1S/C22H26N6O2/c29-18(11-28-8-6-15-3-1-2-4-16(15)10-28)9-24-22-20-19(5-7-23-22)21(26-14-25-20)27-17-12-30-13-17/h1-5,7,14,17-18,29H,6,8-13H2,(H,23,24)(H,25,26,27)/t18-/m1/s1. The minimum absolute atomic E-state index is 0.282. The predicted molar refractivity (Wildman–Crippen MR) is 115 cm³/mol. The number of aromatic nitrogens is 3. The predicted octanol–water partition coefficient (Wildman–Crippen LogP) is 1.67. The number of aliphatic hydroxyl groups is 1. The van der Waals surface area contributed by atoms with Crippen LogP contribution in [0.3, 0.4) is 0 Å². The number of fused-ring (bicyclic) bond motifs is 2. The summed E-state index contributed by atoms with van der Waals surface area (Å²) in [5.41, 5.74) is 3.52. The van der Waals surface area contributed by atoms with E-state index in [2.05, 4.69) is 54.8 Å². The van der Waals surface area contributed by atoms with Crippen molar-refractivity contribution in [1.82, 2.24) is 19.9 Å². The van der Waals surface area contributed by atoms with Crippen molar-refractivity contribution in [3.05, 3.63) is 54.0 Å². The molecule has 1 fully saturated rings. The van der Waals surface area contributed by atoms with Gasteiger partial charge in [0.1, 0.15) is 17.7 Å². The summed E-state index contributed by atoms with van der Waals surface area (Å²) in [6.45, 7) is 4.26. The molecule has 0 aliphatic carbocycles. The molecule has 2 aromatic heterocycles. The summed E-state index contributed by atoms with van der Waals surface area (Å²) in [6, 6.07) is 10.7. The van der Waals surface area contributed by atoms with Gasteiger partial charge in [-0.05, 0) is 23.6 Å². The molecule has 4 heterocycles. The summed E-state index contributed by atoms with van der Waals surface area (Å²) in [4.78, 5) is 15.5. The second kappa shape index (κ2) is 8.51. The molecule has 2 aliphatic heterocycles. The van der Waals surface area contributed by atoms with Gasteiger partial charge in [0.2, 0.25) is 0 Å². The Labute approximate surface area is 175 Å². The smallest absolute Gasteiger partial charge is 0.152 e. The Balaban J connectivity index is 1.22. The zero-order valence-electron chi connectivity index (χ0n) is 16.8. The van der Waals surface area contributed by atoms with Crippen LogP contribution >= 0.6 is 0 Å². The molecule has 1 saturated heterocycles. The third-order valence-corrected chi connectivity index (χ3v) is 5.72. The minimum Gasteiger partial charge on any atom is -0.390 e. The number of ether oxygens (including phenoxy) is 1. The molecule has 0 unspecified atom stereocenters. The number of aliphatic hydroxyl groups excluding tert-OH is 1. The quantitative estimate of drug-likeness (QED) is 0.545. The highest BCUT2D eigenvalue weighted by atomic mass is 16.5. The molecule has 1 aromatic carbocycles. The molecule has 156 valence electrons. The lowest BCUT2D eigenvalue weighted by Crippen LogP contribution is -2.40. The zero-order valence-corrected chi connectivity index (χ0v) is 16.8. The summed E-state index contributed by atoms with van der Waals surface area (Å²) < 4.78 is 5.23. The van der Waals surface area contributed by atoms with Crippen molar-refractivity contribution in [2.45, 2.75) is 25.1 Å². The van der Waals surface area contributed by atoms with Crippen LogP contribution < -0.4 is 10.6 Å². The Morgan fingerprint density at radius 3 is 2.80 bits per heavy atom. The monoisotopic (exact) mass is 406 g/mol. The van der Waals surface area contributed by atoms with Crippen LogP contribution in [0.1, 0.15) is 11.1 Å². The number of benzene rings is 1. The molecule has 8 heteroatoms. The van der Waals surface area contributed by atoms with Crippen LogP contribution in [-0.2, 0) is 17.7 Å². The van der Waals surface area contributed by atoms with Crippen molar-refractivity contribution in [2.24, 2.45) is 0 Å². The molecule has 0 saturated carbocycles. The summed E-state index contributed by atoms with van der Waals surface area (Å²) in [5, 5.41) is 18.2. The fourth-order valence-corrected chi connectivity index (χ4v) is 4.03. The number of hydrogen-bond acceptors (Lipinski definition) is 8. The summed E-state index contributed by atoms with van der Waals surface area (Å²) >= 11 is 0. The Kier molecular flexibility index (Phi) is 5.44. The number of anilines is 2. The highest BCUT2D eigenvalue weighted by Gasteiger charge is 2.21. The van der Waals surface area contributed by atoms with E-state index in [1.54, 1.807) is 12.5 Å². The third-order valence-electron chi connectivity index (χ3n) is 5.72. The Bertz CT molecular complexity index is 1030. The van der Waals surface area contributed by atoms with Gasteiger partial charge >= 0.3 is 0 Å². The number of nitrogens with zero attached hydrogens (tertiary/aromatic N) is 4. The van der Waals surface area contributed by atoms with Gasteiger partial charge in [-0.3, -0.25) is 4.90 Å². The zero-order chi connectivity index (χ0) is 20.3. The molecule has 3 aromatic rings. The molecule has 3 N–H and O–H groups in total. The van der Waals surface area contributed by atoms with Crippen LogP contribution in [0.15, 0.2) is 42.9 Å². The topological polar surface area (TPSA) is 95.4 Å². The maximum Gasteiger partial charge on any atom is 0.152 e. The molecule has 8 nitrogen and oxygen atoms in total. The van der Waals surface area contributed by atoms with Crippen LogP contribution in [0.2, 0.25) is 0 Å². The molecule has 0 amide bonds. The molecule has 5 rings (SSSR count). The average molecular weight is 406 g/mol. The average Bonchev–Trinajstić information content (AvgIpc) is 2.74. The first kappa shape index (κ1) is 19.2. The summed E-state index contributed by atoms with van der Waals surface area (Å²) in [7, 11) is 0. The number of hydrogen-bond donors (Lipinski definition) is 3. The van der Waals surface area contributed by atoms with E-state index in [-0.39, 0.29) is 6.04 Å². The molecule has 2 aliphatic rings. The van der Waals surface area contributed by atoms with Gasteiger partial charge in [0.15, 0.2) is 5.82 Å². The van der Waals surface area contributed by atoms with Crippen molar-refractivity contribution in [3.63, 3.8) is 0 Å². The van der Waals surface area contributed by atoms with Gasteiger partial charge in [0.25, 0.3) is 0 Å². The molecular formula is C22H26N6O2. The number of β-amino-alcohol motifs (C(OH)–C–C–N with tert-alkyl or cyclic N) is 1. The van der Waals surface area contributed by atoms with Gasteiger partial charge in [0.05, 0.1) is 25.4 Å². The summed E-state index contributed by atoms with van der Waals surface area (Å²) in [6.07, 6.45) is 3.81. The van der Waals surface area contributed by atoms with Crippen molar-refractivity contribution in [1.29, 1.82) is 0 Å². The lowest BCUT2D eigenvalue weighted by Gasteiger charge is -2.30. The lowest BCUT2D eigenvalue weighted by molar-refractivity contribution is 0.0210. The van der Waals surface area contributed by atoms with Gasteiger partial charge in [-0.25, -0.2) is 15.0 Å². The highest BCUT2D eigenvalue weighted by molar-refractivity contribution is 5.95. The van der Waals surface area contributed by atoms with E-state index < -0.39 is 6.10 Å². The molecule has 1 atom stereocenters. The van der Waals surface area contributed by atoms with Crippen LogP contribution in [0.5, 0.6) is 0 Å². The van der Waals surface area contributed by atoms with Crippen molar-refractivity contribution in [2.75, 3.05) is 43.5 Å². The van der Waals surface area contributed by atoms with Gasteiger partial charge < -0.3 is 20.5 Å². The second-order valence-electron chi connectivity index (χ2n) is 7.95. The molecule has 0 bridgehead atoms. The first-order valence-electron chi connectivity index (χ1n) is 10.4. The maximum atomic E-state index is 10.6. The second-order valence-corrected chi connectivity index (χ2v) is 7.95. The van der Waals surface area contributed by atoms with E-state index in [0.717, 1.165) is 36.2 Å². The van der Waals surface area contributed by atoms with Crippen LogP contribution in [-0.4, -0.2) is 70.0 Å². The van der Waals surface area contributed by atoms with Gasteiger partial charge in [-0.15, -0.1) is 0 Å².